The van der Waals surface area contributed by atoms with Crippen LogP contribution in [0.25, 0.3) is 21.3 Å². The number of halogens is 1. The SMILES string of the molecule is Cc1[nH]c2ccc(F)cc2c1CC(=O)N1CCN(c2nc3cccnc3s2)CC1. The number of hydrogen-bond donors (Lipinski definition) is 1. The fourth-order valence-electron chi connectivity index (χ4n) is 3.89. The second-order valence-corrected chi connectivity index (χ2v) is 8.24. The highest BCUT2D eigenvalue weighted by Gasteiger charge is 2.24. The minimum absolute atomic E-state index is 0.0730. The Bertz CT molecular complexity index is 1180. The van der Waals surface area contributed by atoms with Crippen LogP contribution in [0, 0.1) is 12.7 Å². The number of piperazine rings is 1. The van der Waals surface area contributed by atoms with E-state index in [0.29, 0.717) is 13.1 Å². The van der Waals surface area contributed by atoms with Gasteiger partial charge < -0.3 is 14.8 Å². The van der Waals surface area contributed by atoms with Crippen molar-refractivity contribution in [1.82, 2.24) is 19.9 Å². The summed E-state index contributed by atoms with van der Waals surface area (Å²) in [5.74, 6) is -0.215. The molecule has 0 unspecified atom stereocenters. The van der Waals surface area contributed by atoms with Crippen molar-refractivity contribution in [2.75, 3.05) is 31.1 Å². The van der Waals surface area contributed by atoms with Crippen molar-refractivity contribution in [1.29, 1.82) is 0 Å². The minimum Gasteiger partial charge on any atom is -0.358 e. The highest BCUT2D eigenvalue weighted by Crippen LogP contribution is 2.28. The molecule has 148 valence electrons. The van der Waals surface area contributed by atoms with Crippen LogP contribution in [0.2, 0.25) is 0 Å². The number of nitrogens with zero attached hydrogens (tertiary/aromatic N) is 4. The molecule has 1 N–H and O–H groups in total. The Balaban J connectivity index is 1.28. The van der Waals surface area contributed by atoms with Gasteiger partial charge in [-0.25, -0.2) is 14.4 Å². The zero-order chi connectivity index (χ0) is 20.0. The Morgan fingerprint density at radius 3 is 2.86 bits per heavy atom. The normalized spacial score (nSPS) is 14.8. The molecule has 1 aromatic carbocycles. The Hall–Kier alpha value is -3.00. The monoisotopic (exact) mass is 409 g/mol. The first kappa shape index (κ1) is 18.1. The molecule has 1 amide bonds. The third kappa shape index (κ3) is 3.33. The Labute approximate surface area is 171 Å². The van der Waals surface area contributed by atoms with Crippen molar-refractivity contribution in [2.45, 2.75) is 13.3 Å². The van der Waals surface area contributed by atoms with E-state index in [9.17, 15) is 9.18 Å². The van der Waals surface area contributed by atoms with E-state index in [1.807, 2.05) is 24.0 Å². The number of nitrogens with one attached hydrogen (secondary N) is 1. The first-order valence-corrected chi connectivity index (χ1v) is 10.4. The maximum absolute atomic E-state index is 13.7. The number of aryl methyl sites for hydroxylation is 1. The van der Waals surface area contributed by atoms with Gasteiger partial charge in [0.25, 0.3) is 0 Å². The lowest BCUT2D eigenvalue weighted by Gasteiger charge is -2.34. The van der Waals surface area contributed by atoms with Crippen LogP contribution in [-0.4, -0.2) is 51.9 Å². The molecule has 0 radical (unpaired) electrons. The van der Waals surface area contributed by atoms with Crippen molar-refractivity contribution in [2.24, 2.45) is 0 Å². The molecule has 6 nitrogen and oxygen atoms in total. The lowest BCUT2D eigenvalue weighted by molar-refractivity contribution is -0.130. The third-order valence-corrected chi connectivity index (χ3v) is 6.51. The summed E-state index contributed by atoms with van der Waals surface area (Å²) in [5.41, 5.74) is 3.57. The number of hydrogen-bond acceptors (Lipinski definition) is 5. The van der Waals surface area contributed by atoms with Crippen molar-refractivity contribution in [3.05, 3.63) is 53.6 Å². The fourth-order valence-corrected chi connectivity index (χ4v) is 4.85. The van der Waals surface area contributed by atoms with E-state index in [1.54, 1.807) is 23.6 Å². The summed E-state index contributed by atoms with van der Waals surface area (Å²) >= 11 is 1.58. The summed E-state index contributed by atoms with van der Waals surface area (Å²) in [7, 11) is 0. The van der Waals surface area contributed by atoms with Gasteiger partial charge in [0.15, 0.2) is 5.13 Å². The molecule has 4 aromatic rings. The number of rotatable bonds is 3. The number of H-pyrrole nitrogens is 1. The smallest absolute Gasteiger partial charge is 0.227 e. The maximum atomic E-state index is 13.7. The van der Waals surface area contributed by atoms with Gasteiger partial charge in [-0.3, -0.25) is 4.79 Å². The predicted octanol–water partition coefficient (Wildman–Crippen LogP) is 3.51. The van der Waals surface area contributed by atoms with Crippen LogP contribution in [0.5, 0.6) is 0 Å². The lowest BCUT2D eigenvalue weighted by Crippen LogP contribution is -2.49. The molecule has 1 aliphatic heterocycles. The summed E-state index contributed by atoms with van der Waals surface area (Å²) in [6.07, 6.45) is 2.06. The molecule has 8 heteroatoms. The van der Waals surface area contributed by atoms with E-state index in [-0.39, 0.29) is 18.1 Å². The Kier molecular flexibility index (Phi) is 4.43. The summed E-state index contributed by atoms with van der Waals surface area (Å²) in [4.78, 5) is 30.2. The van der Waals surface area contributed by atoms with Crippen molar-refractivity contribution >= 4 is 43.6 Å². The minimum atomic E-state index is -0.288. The zero-order valence-corrected chi connectivity index (χ0v) is 16.8. The first-order chi connectivity index (χ1) is 14.1. The number of carbonyl (C=O) groups is 1. The zero-order valence-electron chi connectivity index (χ0n) is 16.0. The van der Waals surface area contributed by atoms with Gasteiger partial charge in [0.2, 0.25) is 5.91 Å². The van der Waals surface area contributed by atoms with Gasteiger partial charge in [-0.15, -0.1) is 0 Å². The maximum Gasteiger partial charge on any atom is 0.227 e. The van der Waals surface area contributed by atoms with Gasteiger partial charge in [-0.05, 0) is 42.8 Å². The second kappa shape index (κ2) is 7.11. The molecule has 5 rings (SSSR count). The van der Waals surface area contributed by atoms with Crippen LogP contribution in [0.1, 0.15) is 11.3 Å². The van der Waals surface area contributed by atoms with Gasteiger partial charge in [0.05, 0.1) is 6.42 Å². The number of anilines is 1. The van der Waals surface area contributed by atoms with Crippen LogP contribution in [-0.2, 0) is 11.2 Å². The van der Waals surface area contributed by atoms with Crippen LogP contribution >= 0.6 is 11.3 Å². The van der Waals surface area contributed by atoms with Gasteiger partial charge in [-0.2, -0.15) is 0 Å². The van der Waals surface area contributed by atoms with Crippen LogP contribution in [0.3, 0.4) is 0 Å². The highest BCUT2D eigenvalue weighted by molar-refractivity contribution is 7.21. The average Bonchev–Trinajstić information content (AvgIpc) is 3.29. The number of fused-ring (bicyclic) bond motifs is 2. The van der Waals surface area contributed by atoms with Crippen LogP contribution < -0.4 is 4.90 Å². The molecule has 1 fully saturated rings. The number of thiazole rings is 1. The van der Waals surface area contributed by atoms with E-state index in [2.05, 4.69) is 19.9 Å². The van der Waals surface area contributed by atoms with Crippen molar-refractivity contribution < 1.29 is 9.18 Å². The Morgan fingerprint density at radius 2 is 2.07 bits per heavy atom. The molecular weight excluding hydrogens is 389 g/mol. The average molecular weight is 409 g/mol. The number of amides is 1. The second-order valence-electron chi connectivity index (χ2n) is 7.29. The lowest BCUT2D eigenvalue weighted by atomic mass is 10.1. The molecule has 0 bridgehead atoms. The summed E-state index contributed by atoms with van der Waals surface area (Å²) in [5, 5.41) is 1.74. The number of benzene rings is 1. The first-order valence-electron chi connectivity index (χ1n) is 9.59. The molecular formula is C21H20FN5OS. The van der Waals surface area contributed by atoms with Gasteiger partial charge >= 0.3 is 0 Å². The van der Waals surface area contributed by atoms with Gasteiger partial charge in [0, 0.05) is 49.0 Å². The van der Waals surface area contributed by atoms with Crippen molar-refractivity contribution in [3.8, 4) is 0 Å². The molecule has 0 spiro atoms. The highest BCUT2D eigenvalue weighted by atomic mass is 32.1. The number of aromatic amines is 1. The van der Waals surface area contributed by atoms with E-state index < -0.39 is 0 Å². The largest absolute Gasteiger partial charge is 0.358 e. The number of carbonyl (C=O) groups excluding carboxylic acids is 1. The fraction of sp³-hybridized carbons (Fsp3) is 0.286. The Morgan fingerprint density at radius 1 is 1.24 bits per heavy atom. The quantitative estimate of drug-likeness (QED) is 0.562. The third-order valence-electron chi connectivity index (χ3n) is 5.47. The summed E-state index contributed by atoms with van der Waals surface area (Å²) < 4.78 is 13.7. The van der Waals surface area contributed by atoms with Gasteiger partial charge in [-0.1, -0.05) is 11.3 Å². The number of pyridine rings is 1. The predicted molar refractivity (Wildman–Crippen MR) is 113 cm³/mol. The van der Waals surface area contributed by atoms with Crippen molar-refractivity contribution in [3.63, 3.8) is 0 Å². The molecule has 4 heterocycles. The van der Waals surface area contributed by atoms with Crippen LogP contribution in [0.4, 0.5) is 9.52 Å². The number of aromatic nitrogens is 3. The van der Waals surface area contributed by atoms with E-state index in [1.165, 1.54) is 12.1 Å². The topological polar surface area (TPSA) is 65.1 Å². The molecule has 0 atom stereocenters. The standard InChI is InChI=1S/C21H20FN5OS/c1-13-15(16-11-14(22)4-5-17(16)24-13)12-19(28)26-7-9-27(10-8-26)21-25-18-3-2-6-23-20(18)29-21/h2-6,11,24H,7-10,12H2,1H3. The molecule has 0 aliphatic carbocycles. The van der Waals surface area contributed by atoms with E-state index >= 15 is 0 Å². The summed E-state index contributed by atoms with van der Waals surface area (Å²) in [6.45, 7) is 4.72. The molecule has 0 saturated carbocycles. The van der Waals surface area contributed by atoms with E-state index in [4.69, 9.17) is 0 Å². The van der Waals surface area contributed by atoms with E-state index in [0.717, 1.165) is 50.7 Å². The molecule has 29 heavy (non-hydrogen) atoms. The van der Waals surface area contributed by atoms with Crippen LogP contribution in [0.15, 0.2) is 36.5 Å². The molecule has 1 aliphatic rings. The molecule has 3 aromatic heterocycles. The summed E-state index contributed by atoms with van der Waals surface area (Å²) in [6, 6.07) is 8.51. The van der Waals surface area contributed by atoms with Gasteiger partial charge in [0.1, 0.15) is 16.2 Å². The molecule has 1 saturated heterocycles.